The summed E-state index contributed by atoms with van der Waals surface area (Å²) in [5, 5.41) is 0. The first kappa shape index (κ1) is 12.4. The molecule has 0 aliphatic rings. The van der Waals surface area contributed by atoms with Crippen LogP contribution in [0.5, 0.6) is 0 Å². The number of aromatic amines is 1. The fraction of sp³-hybridized carbons (Fsp3) is 0. The molecule has 1 N–H and O–H groups in total. The fourth-order valence-electron chi connectivity index (χ4n) is 1.79. The standard InChI is InChI=1S/C13H7Br3N2/c14-7-1-3-10(16)9(5-7)13-17-11-4-2-8(15)6-12(11)18-13/h1-6H,(H,17,18). The van der Waals surface area contributed by atoms with Crippen LogP contribution in [0.2, 0.25) is 0 Å². The molecule has 2 aromatic carbocycles. The molecule has 0 unspecified atom stereocenters. The van der Waals surface area contributed by atoms with E-state index < -0.39 is 0 Å². The summed E-state index contributed by atoms with van der Waals surface area (Å²) < 4.78 is 3.09. The predicted octanol–water partition coefficient (Wildman–Crippen LogP) is 5.52. The maximum absolute atomic E-state index is 4.60. The molecule has 0 radical (unpaired) electrons. The van der Waals surface area contributed by atoms with Gasteiger partial charge in [-0.25, -0.2) is 4.98 Å². The van der Waals surface area contributed by atoms with E-state index in [0.29, 0.717) is 0 Å². The number of H-pyrrole nitrogens is 1. The van der Waals surface area contributed by atoms with Crippen molar-refractivity contribution >= 4 is 58.8 Å². The molecule has 0 saturated carbocycles. The van der Waals surface area contributed by atoms with Crippen LogP contribution >= 0.6 is 47.8 Å². The molecule has 1 aromatic heterocycles. The lowest BCUT2D eigenvalue weighted by molar-refractivity contribution is 1.32. The van der Waals surface area contributed by atoms with E-state index in [4.69, 9.17) is 0 Å². The Morgan fingerprint density at radius 3 is 2.44 bits per heavy atom. The van der Waals surface area contributed by atoms with Crippen molar-refractivity contribution in [3.05, 3.63) is 49.8 Å². The molecule has 3 rings (SSSR count). The van der Waals surface area contributed by atoms with Gasteiger partial charge in [-0.2, -0.15) is 0 Å². The van der Waals surface area contributed by atoms with E-state index in [2.05, 4.69) is 57.8 Å². The van der Waals surface area contributed by atoms with Crippen LogP contribution in [0.4, 0.5) is 0 Å². The molecule has 2 nitrogen and oxygen atoms in total. The van der Waals surface area contributed by atoms with Gasteiger partial charge in [0.25, 0.3) is 0 Å². The van der Waals surface area contributed by atoms with Crippen LogP contribution in [0.15, 0.2) is 49.8 Å². The van der Waals surface area contributed by atoms with Gasteiger partial charge in [-0.05, 0) is 36.4 Å². The zero-order chi connectivity index (χ0) is 12.7. The van der Waals surface area contributed by atoms with Crippen LogP contribution in [-0.2, 0) is 0 Å². The first-order valence-electron chi connectivity index (χ1n) is 5.24. The molecule has 0 aliphatic heterocycles. The number of fused-ring (bicyclic) bond motifs is 1. The first-order valence-corrected chi connectivity index (χ1v) is 7.62. The van der Waals surface area contributed by atoms with E-state index in [1.54, 1.807) is 0 Å². The van der Waals surface area contributed by atoms with Gasteiger partial charge in [-0.1, -0.05) is 47.8 Å². The average Bonchev–Trinajstić information content (AvgIpc) is 2.74. The molecule has 0 fully saturated rings. The van der Waals surface area contributed by atoms with Crippen LogP contribution in [0.3, 0.4) is 0 Å². The van der Waals surface area contributed by atoms with Crippen molar-refractivity contribution in [1.29, 1.82) is 0 Å². The van der Waals surface area contributed by atoms with Crippen molar-refractivity contribution in [1.82, 2.24) is 9.97 Å². The normalized spacial score (nSPS) is 11.1. The van der Waals surface area contributed by atoms with E-state index in [0.717, 1.165) is 35.8 Å². The second kappa shape index (κ2) is 4.79. The smallest absolute Gasteiger partial charge is 0.139 e. The van der Waals surface area contributed by atoms with E-state index in [1.807, 2.05) is 36.4 Å². The van der Waals surface area contributed by atoms with E-state index >= 15 is 0 Å². The fourth-order valence-corrected chi connectivity index (χ4v) is 2.94. The Bertz CT molecular complexity index is 734. The maximum atomic E-state index is 4.60. The van der Waals surface area contributed by atoms with Gasteiger partial charge in [0.2, 0.25) is 0 Å². The average molecular weight is 431 g/mol. The first-order chi connectivity index (χ1) is 8.63. The Balaban J connectivity index is 2.22. The van der Waals surface area contributed by atoms with E-state index in [1.165, 1.54) is 0 Å². The Labute approximate surface area is 129 Å². The Hall–Kier alpha value is -0.650. The molecular weight excluding hydrogens is 424 g/mol. The van der Waals surface area contributed by atoms with Gasteiger partial charge in [0.15, 0.2) is 0 Å². The third kappa shape index (κ3) is 2.27. The van der Waals surface area contributed by atoms with Crippen molar-refractivity contribution < 1.29 is 0 Å². The summed E-state index contributed by atoms with van der Waals surface area (Å²) in [4.78, 5) is 7.93. The summed E-state index contributed by atoms with van der Waals surface area (Å²) in [5.74, 6) is 0.858. The van der Waals surface area contributed by atoms with E-state index in [-0.39, 0.29) is 0 Å². The molecule has 0 aliphatic carbocycles. The second-order valence-electron chi connectivity index (χ2n) is 3.87. The number of halogens is 3. The van der Waals surface area contributed by atoms with Crippen LogP contribution < -0.4 is 0 Å². The van der Waals surface area contributed by atoms with Crippen molar-refractivity contribution in [2.45, 2.75) is 0 Å². The molecule has 5 heteroatoms. The third-order valence-corrected chi connectivity index (χ3v) is 4.31. The highest BCUT2D eigenvalue weighted by atomic mass is 79.9. The molecule has 0 spiro atoms. The number of aromatic nitrogens is 2. The predicted molar refractivity (Wildman–Crippen MR) is 84.6 cm³/mol. The molecule has 0 bridgehead atoms. The molecule has 0 saturated heterocycles. The molecule has 3 aromatic rings. The number of rotatable bonds is 1. The molecular formula is C13H7Br3N2. The summed E-state index contributed by atoms with van der Waals surface area (Å²) in [6.07, 6.45) is 0. The van der Waals surface area contributed by atoms with Gasteiger partial charge in [-0.15, -0.1) is 0 Å². The Morgan fingerprint density at radius 1 is 0.889 bits per heavy atom. The molecule has 1 heterocycles. The number of hydrogen-bond donors (Lipinski definition) is 1. The Kier molecular flexibility index (Phi) is 3.30. The van der Waals surface area contributed by atoms with Crippen molar-refractivity contribution in [3.63, 3.8) is 0 Å². The van der Waals surface area contributed by atoms with Crippen molar-refractivity contribution in [2.75, 3.05) is 0 Å². The van der Waals surface area contributed by atoms with Crippen LogP contribution in [0, 0.1) is 0 Å². The summed E-state index contributed by atoms with van der Waals surface area (Å²) in [6, 6.07) is 12.0. The minimum Gasteiger partial charge on any atom is -0.338 e. The summed E-state index contributed by atoms with van der Waals surface area (Å²) in [6.45, 7) is 0. The second-order valence-corrected chi connectivity index (χ2v) is 6.56. The van der Waals surface area contributed by atoms with Gasteiger partial charge >= 0.3 is 0 Å². The van der Waals surface area contributed by atoms with Crippen LogP contribution in [0.25, 0.3) is 22.4 Å². The summed E-state index contributed by atoms with van der Waals surface area (Å²) in [5.41, 5.74) is 3.02. The monoisotopic (exact) mass is 428 g/mol. The highest BCUT2D eigenvalue weighted by molar-refractivity contribution is 9.11. The minimum atomic E-state index is 0.858. The largest absolute Gasteiger partial charge is 0.338 e. The molecule has 0 atom stereocenters. The molecule has 0 amide bonds. The third-order valence-electron chi connectivity index (χ3n) is 2.63. The molecule has 90 valence electrons. The summed E-state index contributed by atoms with van der Waals surface area (Å²) >= 11 is 10.5. The van der Waals surface area contributed by atoms with Gasteiger partial charge in [0.05, 0.1) is 11.0 Å². The van der Waals surface area contributed by atoms with Gasteiger partial charge < -0.3 is 4.98 Å². The van der Waals surface area contributed by atoms with Crippen LogP contribution in [0.1, 0.15) is 0 Å². The number of benzene rings is 2. The summed E-state index contributed by atoms with van der Waals surface area (Å²) in [7, 11) is 0. The number of hydrogen-bond acceptors (Lipinski definition) is 1. The maximum Gasteiger partial charge on any atom is 0.139 e. The number of nitrogens with one attached hydrogen (secondary N) is 1. The van der Waals surface area contributed by atoms with Gasteiger partial charge in [0.1, 0.15) is 5.82 Å². The molecule has 18 heavy (non-hydrogen) atoms. The van der Waals surface area contributed by atoms with Crippen molar-refractivity contribution in [3.8, 4) is 11.4 Å². The highest BCUT2D eigenvalue weighted by Crippen LogP contribution is 2.31. The van der Waals surface area contributed by atoms with Crippen molar-refractivity contribution in [2.24, 2.45) is 0 Å². The van der Waals surface area contributed by atoms with Gasteiger partial charge in [0, 0.05) is 19.0 Å². The quantitative estimate of drug-likeness (QED) is 0.541. The highest BCUT2D eigenvalue weighted by Gasteiger charge is 2.09. The zero-order valence-corrected chi connectivity index (χ0v) is 13.8. The number of imidazole rings is 1. The minimum absolute atomic E-state index is 0.858. The van der Waals surface area contributed by atoms with E-state index in [9.17, 15) is 0 Å². The Morgan fingerprint density at radius 2 is 1.61 bits per heavy atom. The lowest BCUT2D eigenvalue weighted by atomic mass is 10.2. The topological polar surface area (TPSA) is 28.7 Å². The van der Waals surface area contributed by atoms with Crippen LogP contribution in [-0.4, -0.2) is 9.97 Å². The zero-order valence-electron chi connectivity index (χ0n) is 9.05. The lowest BCUT2D eigenvalue weighted by Gasteiger charge is -2.01. The SMILES string of the molecule is Brc1ccc(Br)c(-c2nc3ccc(Br)cc3[nH]2)c1. The number of nitrogens with zero attached hydrogens (tertiary/aromatic N) is 1. The lowest BCUT2D eigenvalue weighted by Crippen LogP contribution is -1.82. The van der Waals surface area contributed by atoms with Gasteiger partial charge in [-0.3, -0.25) is 0 Å².